The van der Waals surface area contributed by atoms with E-state index in [-0.39, 0.29) is 0 Å². The molecule has 0 amide bonds. The molecular weight excluding hydrogens is 226 g/mol. The average Bonchev–Trinajstić information content (AvgIpc) is 2.85. The highest BCUT2D eigenvalue weighted by molar-refractivity contribution is 5.39. The van der Waals surface area contributed by atoms with Gasteiger partial charge in [-0.3, -0.25) is 4.90 Å². The van der Waals surface area contributed by atoms with Crippen LogP contribution in [-0.4, -0.2) is 32.8 Å². The number of nitrogens with zero attached hydrogens (tertiary/aromatic N) is 4. The summed E-state index contributed by atoms with van der Waals surface area (Å²) in [6.07, 6.45) is 2.86. The summed E-state index contributed by atoms with van der Waals surface area (Å²) >= 11 is 0. The van der Waals surface area contributed by atoms with Crippen molar-refractivity contribution >= 4 is 5.69 Å². The maximum atomic E-state index is 5.68. The smallest absolute Gasteiger partial charge is 0.147 e. The molecule has 0 radical (unpaired) electrons. The van der Waals surface area contributed by atoms with Crippen LogP contribution in [0, 0.1) is 0 Å². The molecule has 5 heteroatoms. The number of anilines is 1. The molecule has 0 bridgehead atoms. The molecule has 1 aliphatic rings. The minimum absolute atomic E-state index is 0.824. The number of hydrogen-bond acceptors (Lipinski definition) is 4. The second kappa shape index (κ2) is 4.78. The first-order valence-electron chi connectivity index (χ1n) is 6.25. The number of nitrogen functional groups attached to an aromatic ring is 1. The monoisotopic (exact) mass is 243 g/mol. The van der Waals surface area contributed by atoms with E-state index >= 15 is 0 Å². The number of aromatic nitrogens is 3. The van der Waals surface area contributed by atoms with Crippen LogP contribution in [0.4, 0.5) is 5.69 Å². The van der Waals surface area contributed by atoms with Gasteiger partial charge in [-0.1, -0.05) is 12.1 Å². The predicted octanol–water partition coefficient (Wildman–Crippen LogP) is 0.919. The predicted molar refractivity (Wildman–Crippen MR) is 69.9 cm³/mol. The highest BCUT2D eigenvalue weighted by Crippen LogP contribution is 2.11. The summed E-state index contributed by atoms with van der Waals surface area (Å²) in [6.45, 7) is 4.01. The lowest BCUT2D eigenvalue weighted by atomic mass is 10.1. The van der Waals surface area contributed by atoms with Gasteiger partial charge >= 0.3 is 0 Å². The molecule has 0 spiro atoms. The third-order valence-electron chi connectivity index (χ3n) is 3.41. The highest BCUT2D eigenvalue weighted by Gasteiger charge is 2.16. The van der Waals surface area contributed by atoms with Crippen molar-refractivity contribution in [1.82, 2.24) is 19.7 Å². The van der Waals surface area contributed by atoms with E-state index in [9.17, 15) is 0 Å². The minimum atomic E-state index is 0.824. The Bertz CT molecular complexity index is 516. The molecule has 0 saturated heterocycles. The van der Waals surface area contributed by atoms with E-state index in [1.807, 2.05) is 18.5 Å². The second-order valence-corrected chi connectivity index (χ2v) is 4.71. The molecule has 1 aromatic carbocycles. The van der Waals surface area contributed by atoms with Gasteiger partial charge in [-0.05, 0) is 24.1 Å². The molecule has 5 nitrogen and oxygen atoms in total. The van der Waals surface area contributed by atoms with E-state index in [1.165, 1.54) is 5.56 Å². The van der Waals surface area contributed by atoms with Crippen LogP contribution >= 0.6 is 0 Å². The van der Waals surface area contributed by atoms with E-state index in [0.717, 1.165) is 44.1 Å². The van der Waals surface area contributed by atoms with Crippen LogP contribution in [0.1, 0.15) is 11.4 Å². The van der Waals surface area contributed by atoms with Crippen LogP contribution in [0.5, 0.6) is 0 Å². The second-order valence-electron chi connectivity index (χ2n) is 4.71. The third kappa shape index (κ3) is 2.36. The number of benzene rings is 1. The van der Waals surface area contributed by atoms with Gasteiger partial charge in [-0.15, -0.1) is 10.2 Å². The molecule has 2 N–H and O–H groups in total. The SMILES string of the molecule is Nc1ccc(CCN2CCn3cnnc3C2)cc1. The van der Waals surface area contributed by atoms with E-state index in [0.29, 0.717) is 0 Å². The maximum absolute atomic E-state index is 5.68. The number of nitrogens with two attached hydrogens (primary N) is 1. The van der Waals surface area contributed by atoms with E-state index in [1.54, 1.807) is 0 Å². The Balaban J connectivity index is 1.57. The Labute approximate surface area is 106 Å². The summed E-state index contributed by atoms with van der Waals surface area (Å²) in [4.78, 5) is 2.42. The number of rotatable bonds is 3. The van der Waals surface area contributed by atoms with Gasteiger partial charge < -0.3 is 10.3 Å². The van der Waals surface area contributed by atoms with Crippen molar-refractivity contribution in [3.05, 3.63) is 42.0 Å². The van der Waals surface area contributed by atoms with E-state index in [2.05, 4.69) is 31.8 Å². The van der Waals surface area contributed by atoms with Crippen molar-refractivity contribution in [1.29, 1.82) is 0 Å². The Morgan fingerprint density at radius 3 is 2.83 bits per heavy atom. The maximum Gasteiger partial charge on any atom is 0.147 e. The Morgan fingerprint density at radius 1 is 1.17 bits per heavy atom. The third-order valence-corrected chi connectivity index (χ3v) is 3.41. The van der Waals surface area contributed by atoms with Crippen molar-refractivity contribution in [3.8, 4) is 0 Å². The number of hydrogen-bond donors (Lipinski definition) is 1. The largest absolute Gasteiger partial charge is 0.399 e. The van der Waals surface area contributed by atoms with Crippen LogP contribution in [0.3, 0.4) is 0 Å². The molecular formula is C13H17N5. The van der Waals surface area contributed by atoms with Crippen LogP contribution in [-0.2, 0) is 19.5 Å². The van der Waals surface area contributed by atoms with Crippen molar-refractivity contribution in [3.63, 3.8) is 0 Å². The molecule has 3 rings (SSSR count). The molecule has 0 saturated carbocycles. The summed E-state index contributed by atoms with van der Waals surface area (Å²) in [5, 5.41) is 8.07. The van der Waals surface area contributed by atoms with E-state index < -0.39 is 0 Å². The topological polar surface area (TPSA) is 60.0 Å². The van der Waals surface area contributed by atoms with Gasteiger partial charge in [0.25, 0.3) is 0 Å². The molecule has 2 aromatic rings. The zero-order valence-electron chi connectivity index (χ0n) is 10.3. The lowest BCUT2D eigenvalue weighted by Gasteiger charge is -2.26. The van der Waals surface area contributed by atoms with Crippen molar-refractivity contribution < 1.29 is 0 Å². The van der Waals surface area contributed by atoms with Gasteiger partial charge in [0.2, 0.25) is 0 Å². The molecule has 0 atom stereocenters. The Hall–Kier alpha value is -1.88. The summed E-state index contributed by atoms with van der Waals surface area (Å²) < 4.78 is 2.12. The van der Waals surface area contributed by atoms with Crippen LogP contribution in [0.15, 0.2) is 30.6 Å². The number of fused-ring (bicyclic) bond motifs is 1. The lowest BCUT2D eigenvalue weighted by molar-refractivity contribution is 0.219. The summed E-state index contributed by atoms with van der Waals surface area (Å²) in [6, 6.07) is 8.12. The normalized spacial score (nSPS) is 15.6. The zero-order chi connectivity index (χ0) is 12.4. The molecule has 2 heterocycles. The van der Waals surface area contributed by atoms with Crippen LogP contribution in [0.2, 0.25) is 0 Å². The fraction of sp³-hybridized carbons (Fsp3) is 0.385. The van der Waals surface area contributed by atoms with Crippen molar-refractivity contribution in [2.24, 2.45) is 0 Å². The quantitative estimate of drug-likeness (QED) is 0.814. The van der Waals surface area contributed by atoms with Gasteiger partial charge in [0.05, 0.1) is 6.54 Å². The molecule has 18 heavy (non-hydrogen) atoms. The molecule has 94 valence electrons. The fourth-order valence-corrected chi connectivity index (χ4v) is 2.28. The van der Waals surface area contributed by atoms with Gasteiger partial charge in [-0.2, -0.15) is 0 Å². The molecule has 0 unspecified atom stereocenters. The zero-order valence-corrected chi connectivity index (χ0v) is 10.3. The van der Waals surface area contributed by atoms with Crippen molar-refractivity contribution in [2.75, 3.05) is 18.8 Å². The average molecular weight is 243 g/mol. The summed E-state index contributed by atoms with van der Waals surface area (Å²) in [5.41, 5.74) is 7.83. The first kappa shape index (κ1) is 11.2. The summed E-state index contributed by atoms with van der Waals surface area (Å²) in [5.74, 6) is 1.07. The van der Waals surface area contributed by atoms with Crippen LogP contribution in [0.25, 0.3) is 0 Å². The van der Waals surface area contributed by atoms with Crippen LogP contribution < -0.4 is 5.73 Å². The molecule has 0 aliphatic carbocycles. The fourth-order valence-electron chi connectivity index (χ4n) is 2.28. The first-order chi connectivity index (χ1) is 8.81. The standard InChI is InChI=1S/C13H17N5/c14-12-3-1-11(2-4-12)5-6-17-7-8-18-10-15-16-13(18)9-17/h1-4,10H,5-9,14H2. The van der Waals surface area contributed by atoms with Gasteiger partial charge in [0, 0.05) is 25.3 Å². The highest BCUT2D eigenvalue weighted by atomic mass is 15.3. The lowest BCUT2D eigenvalue weighted by Crippen LogP contribution is -2.35. The van der Waals surface area contributed by atoms with E-state index in [4.69, 9.17) is 5.73 Å². The van der Waals surface area contributed by atoms with Gasteiger partial charge in [-0.25, -0.2) is 0 Å². The molecule has 0 fully saturated rings. The minimum Gasteiger partial charge on any atom is -0.399 e. The summed E-state index contributed by atoms with van der Waals surface area (Å²) in [7, 11) is 0. The van der Waals surface area contributed by atoms with Crippen molar-refractivity contribution in [2.45, 2.75) is 19.5 Å². The molecule has 1 aliphatic heterocycles. The van der Waals surface area contributed by atoms with Gasteiger partial charge in [0.1, 0.15) is 12.2 Å². The Kier molecular flexibility index (Phi) is 2.98. The first-order valence-corrected chi connectivity index (χ1v) is 6.25. The molecule has 1 aromatic heterocycles. The van der Waals surface area contributed by atoms with Gasteiger partial charge in [0.15, 0.2) is 0 Å². The Morgan fingerprint density at radius 2 is 2.00 bits per heavy atom.